The standard InChI is InChI=1S/C15H30N4O/c1-12(2)10-16-15(17-11-14(20)19(3)4)18-13-8-6-5-7-9-13/h12-13H,5-11H2,1-4H3,(H2,16,17,18). The number of carbonyl (C=O) groups is 1. The van der Waals surface area contributed by atoms with E-state index in [1.807, 2.05) is 0 Å². The largest absolute Gasteiger partial charge is 0.356 e. The Bertz CT molecular complexity index is 320. The molecule has 0 aromatic carbocycles. The quantitative estimate of drug-likeness (QED) is 0.595. The van der Waals surface area contributed by atoms with Crippen LogP contribution in [-0.2, 0) is 4.79 Å². The molecule has 0 bridgehead atoms. The lowest BCUT2D eigenvalue weighted by molar-refractivity contribution is -0.127. The van der Waals surface area contributed by atoms with Crippen LogP contribution >= 0.6 is 0 Å². The molecular weight excluding hydrogens is 252 g/mol. The highest BCUT2D eigenvalue weighted by Crippen LogP contribution is 2.17. The Hall–Kier alpha value is -1.26. The number of amides is 1. The molecule has 116 valence electrons. The zero-order chi connectivity index (χ0) is 15.0. The van der Waals surface area contributed by atoms with E-state index < -0.39 is 0 Å². The van der Waals surface area contributed by atoms with Gasteiger partial charge in [0.2, 0.25) is 5.91 Å². The molecule has 0 atom stereocenters. The highest BCUT2D eigenvalue weighted by atomic mass is 16.2. The summed E-state index contributed by atoms with van der Waals surface area (Å²) in [5, 5.41) is 6.80. The second-order valence-corrected chi connectivity index (χ2v) is 6.21. The van der Waals surface area contributed by atoms with Crippen LogP contribution in [0.3, 0.4) is 0 Å². The number of aliphatic imine (C=N–C) groups is 1. The Labute approximate surface area is 123 Å². The first-order chi connectivity index (χ1) is 9.49. The summed E-state index contributed by atoms with van der Waals surface area (Å²) in [6, 6.07) is 0.497. The minimum absolute atomic E-state index is 0.0271. The molecule has 20 heavy (non-hydrogen) atoms. The number of likely N-dealkylation sites (N-methyl/N-ethyl adjacent to an activating group) is 1. The zero-order valence-corrected chi connectivity index (χ0v) is 13.4. The van der Waals surface area contributed by atoms with Crippen LogP contribution in [0.15, 0.2) is 4.99 Å². The smallest absolute Gasteiger partial charge is 0.243 e. The molecule has 0 aromatic rings. The number of carbonyl (C=O) groups excluding carboxylic acids is 1. The predicted octanol–water partition coefficient (Wildman–Crippen LogP) is 1.60. The topological polar surface area (TPSA) is 56.7 Å². The number of hydrogen-bond donors (Lipinski definition) is 2. The molecule has 1 amide bonds. The van der Waals surface area contributed by atoms with E-state index in [-0.39, 0.29) is 12.5 Å². The lowest BCUT2D eigenvalue weighted by Crippen LogP contribution is -2.45. The first-order valence-corrected chi connectivity index (χ1v) is 7.74. The van der Waals surface area contributed by atoms with Crippen LogP contribution in [0.5, 0.6) is 0 Å². The fourth-order valence-electron chi connectivity index (χ4n) is 2.18. The Balaban J connectivity index is 2.53. The van der Waals surface area contributed by atoms with Crippen molar-refractivity contribution in [1.82, 2.24) is 15.5 Å². The molecule has 0 aliphatic heterocycles. The molecule has 0 radical (unpaired) electrons. The van der Waals surface area contributed by atoms with Gasteiger partial charge in [0, 0.05) is 26.7 Å². The van der Waals surface area contributed by atoms with Crippen molar-refractivity contribution in [3.8, 4) is 0 Å². The number of nitrogens with zero attached hydrogens (tertiary/aromatic N) is 2. The Kier molecular flexibility index (Phi) is 7.41. The third kappa shape index (κ3) is 6.78. The summed E-state index contributed by atoms with van der Waals surface area (Å²) < 4.78 is 0. The molecule has 1 fully saturated rings. The van der Waals surface area contributed by atoms with Crippen molar-refractivity contribution in [2.75, 3.05) is 27.2 Å². The molecule has 1 saturated carbocycles. The number of nitrogens with one attached hydrogen (secondary N) is 2. The van der Waals surface area contributed by atoms with Gasteiger partial charge in [-0.25, -0.2) is 4.99 Å². The minimum Gasteiger partial charge on any atom is -0.356 e. The monoisotopic (exact) mass is 282 g/mol. The molecule has 2 N–H and O–H groups in total. The Morgan fingerprint density at radius 2 is 1.90 bits per heavy atom. The molecule has 0 aromatic heterocycles. The van der Waals surface area contributed by atoms with Gasteiger partial charge in [0.15, 0.2) is 5.96 Å². The maximum Gasteiger partial charge on any atom is 0.243 e. The predicted molar refractivity (Wildman–Crippen MR) is 83.8 cm³/mol. The van der Waals surface area contributed by atoms with Gasteiger partial charge < -0.3 is 15.5 Å². The van der Waals surface area contributed by atoms with Crippen LogP contribution in [0.25, 0.3) is 0 Å². The lowest BCUT2D eigenvalue weighted by Gasteiger charge is -2.25. The van der Waals surface area contributed by atoms with Gasteiger partial charge in [-0.05, 0) is 18.8 Å². The van der Waals surface area contributed by atoms with Gasteiger partial charge in [-0.1, -0.05) is 33.1 Å². The van der Waals surface area contributed by atoms with Crippen LogP contribution in [0.2, 0.25) is 0 Å². The van der Waals surface area contributed by atoms with E-state index in [1.54, 1.807) is 19.0 Å². The summed E-state index contributed by atoms with van der Waals surface area (Å²) in [6.07, 6.45) is 6.30. The van der Waals surface area contributed by atoms with Crippen molar-refractivity contribution < 1.29 is 4.79 Å². The third-order valence-corrected chi connectivity index (χ3v) is 3.50. The van der Waals surface area contributed by atoms with E-state index in [1.165, 1.54) is 32.1 Å². The molecule has 1 aliphatic rings. The van der Waals surface area contributed by atoms with Gasteiger partial charge in [0.05, 0.1) is 0 Å². The fourth-order valence-corrected chi connectivity index (χ4v) is 2.18. The molecule has 5 heteroatoms. The molecule has 0 unspecified atom stereocenters. The average Bonchev–Trinajstić information content (AvgIpc) is 2.42. The Morgan fingerprint density at radius 1 is 1.25 bits per heavy atom. The summed E-state index contributed by atoms with van der Waals surface area (Å²) in [5.41, 5.74) is 0. The molecule has 0 spiro atoms. The summed E-state index contributed by atoms with van der Waals surface area (Å²) >= 11 is 0. The van der Waals surface area contributed by atoms with Crippen molar-refractivity contribution in [1.29, 1.82) is 0 Å². The maximum atomic E-state index is 11.6. The molecule has 0 saturated heterocycles. The highest BCUT2D eigenvalue weighted by molar-refractivity contribution is 5.84. The lowest BCUT2D eigenvalue weighted by atomic mass is 9.96. The van der Waals surface area contributed by atoms with Gasteiger partial charge in [-0.15, -0.1) is 0 Å². The summed E-state index contributed by atoms with van der Waals surface area (Å²) in [5.74, 6) is 1.36. The van der Waals surface area contributed by atoms with E-state index in [2.05, 4.69) is 29.5 Å². The van der Waals surface area contributed by atoms with Crippen molar-refractivity contribution in [3.05, 3.63) is 0 Å². The molecule has 1 aliphatic carbocycles. The number of guanidine groups is 1. The molecule has 1 rings (SSSR count). The van der Waals surface area contributed by atoms with Crippen molar-refractivity contribution in [2.45, 2.75) is 52.0 Å². The van der Waals surface area contributed by atoms with Crippen LogP contribution < -0.4 is 10.6 Å². The second-order valence-electron chi connectivity index (χ2n) is 6.21. The third-order valence-electron chi connectivity index (χ3n) is 3.50. The molecule has 5 nitrogen and oxygen atoms in total. The van der Waals surface area contributed by atoms with Gasteiger partial charge in [0.25, 0.3) is 0 Å². The van der Waals surface area contributed by atoms with E-state index in [4.69, 9.17) is 0 Å². The summed E-state index contributed by atoms with van der Waals surface area (Å²) in [6.45, 7) is 5.40. The molecular formula is C15H30N4O. The first-order valence-electron chi connectivity index (χ1n) is 7.74. The summed E-state index contributed by atoms with van der Waals surface area (Å²) in [7, 11) is 3.52. The van der Waals surface area contributed by atoms with Crippen LogP contribution in [0.4, 0.5) is 0 Å². The number of rotatable bonds is 5. The first kappa shape index (κ1) is 16.8. The van der Waals surface area contributed by atoms with E-state index in [0.717, 1.165) is 12.5 Å². The SMILES string of the molecule is CC(C)CNC(=NCC(=O)N(C)C)NC1CCCCC1. The van der Waals surface area contributed by atoms with Gasteiger partial charge in [-0.3, -0.25) is 4.79 Å². The van der Waals surface area contributed by atoms with E-state index >= 15 is 0 Å². The van der Waals surface area contributed by atoms with Gasteiger partial charge in [-0.2, -0.15) is 0 Å². The van der Waals surface area contributed by atoms with Gasteiger partial charge >= 0.3 is 0 Å². The van der Waals surface area contributed by atoms with Crippen LogP contribution in [0.1, 0.15) is 46.0 Å². The maximum absolute atomic E-state index is 11.6. The van der Waals surface area contributed by atoms with Crippen LogP contribution in [-0.4, -0.2) is 50.0 Å². The summed E-state index contributed by atoms with van der Waals surface area (Å²) in [4.78, 5) is 17.6. The minimum atomic E-state index is 0.0271. The van der Waals surface area contributed by atoms with E-state index in [9.17, 15) is 4.79 Å². The molecule has 0 heterocycles. The average molecular weight is 282 g/mol. The van der Waals surface area contributed by atoms with E-state index in [0.29, 0.717) is 12.0 Å². The van der Waals surface area contributed by atoms with Crippen LogP contribution in [0, 0.1) is 5.92 Å². The van der Waals surface area contributed by atoms with Crippen molar-refractivity contribution in [3.63, 3.8) is 0 Å². The van der Waals surface area contributed by atoms with Crippen molar-refractivity contribution in [2.24, 2.45) is 10.9 Å². The second kappa shape index (κ2) is 8.82. The number of hydrogen-bond acceptors (Lipinski definition) is 2. The van der Waals surface area contributed by atoms with Gasteiger partial charge in [0.1, 0.15) is 6.54 Å². The highest BCUT2D eigenvalue weighted by Gasteiger charge is 2.15. The fraction of sp³-hybridized carbons (Fsp3) is 0.867. The van der Waals surface area contributed by atoms with Crippen molar-refractivity contribution >= 4 is 11.9 Å². The normalized spacial score (nSPS) is 17.1. The Morgan fingerprint density at radius 3 is 2.45 bits per heavy atom. The zero-order valence-electron chi connectivity index (χ0n) is 13.4.